The Morgan fingerprint density at radius 3 is 3.06 bits per heavy atom. The van der Waals surface area contributed by atoms with Gasteiger partial charge in [0.25, 0.3) is 0 Å². The van der Waals surface area contributed by atoms with Crippen LogP contribution in [0.5, 0.6) is 0 Å². The fourth-order valence-corrected chi connectivity index (χ4v) is 2.02. The average Bonchev–Trinajstić information content (AvgIpc) is 2.73. The fraction of sp³-hybridized carbons (Fsp3) is 0.500. The third-order valence-electron chi connectivity index (χ3n) is 2.96. The third-order valence-corrected chi connectivity index (χ3v) is 2.96. The molecule has 1 atom stereocenters. The smallest absolute Gasteiger partial charge is 0.140 e. The molecule has 0 radical (unpaired) electrons. The lowest BCUT2D eigenvalue weighted by molar-refractivity contribution is 0.399. The summed E-state index contributed by atoms with van der Waals surface area (Å²) in [5.74, 6) is 0.723. The minimum atomic E-state index is 0.464. The van der Waals surface area contributed by atoms with Crippen molar-refractivity contribution in [3.05, 3.63) is 24.0 Å². The number of nitrogens with one attached hydrogen (secondary N) is 1. The third kappa shape index (κ3) is 2.71. The van der Waals surface area contributed by atoms with Crippen molar-refractivity contribution < 1.29 is 0 Å². The summed E-state index contributed by atoms with van der Waals surface area (Å²) in [7, 11) is 2.16. The van der Waals surface area contributed by atoms with Gasteiger partial charge in [0.2, 0.25) is 0 Å². The Morgan fingerprint density at radius 1 is 1.62 bits per heavy atom. The highest BCUT2D eigenvalue weighted by atomic mass is 15.1. The Kier molecular flexibility index (Phi) is 3.37. The van der Waals surface area contributed by atoms with Crippen molar-refractivity contribution in [3.8, 4) is 6.07 Å². The number of anilines is 1. The second-order valence-corrected chi connectivity index (χ2v) is 4.34. The van der Waals surface area contributed by atoms with Crippen molar-refractivity contribution >= 4 is 5.69 Å². The summed E-state index contributed by atoms with van der Waals surface area (Å²) in [5.41, 5.74) is 1.46. The van der Waals surface area contributed by atoms with Crippen LogP contribution in [0.1, 0.15) is 12.1 Å². The summed E-state index contributed by atoms with van der Waals surface area (Å²) in [6, 6.07) is 5.66. The molecule has 1 aromatic rings. The number of nitrogens with zero attached hydrogens (tertiary/aromatic N) is 3. The first kappa shape index (κ1) is 10.9. The number of pyridine rings is 1. The molecule has 2 heterocycles. The minimum absolute atomic E-state index is 0.464. The monoisotopic (exact) mass is 216 g/mol. The molecular weight excluding hydrogens is 200 g/mol. The van der Waals surface area contributed by atoms with E-state index in [0.29, 0.717) is 5.69 Å². The van der Waals surface area contributed by atoms with Crippen molar-refractivity contribution in [1.29, 1.82) is 5.26 Å². The summed E-state index contributed by atoms with van der Waals surface area (Å²) in [6.07, 6.45) is 2.98. The predicted octanol–water partition coefficient (Wildman–Crippen LogP) is 1.32. The van der Waals surface area contributed by atoms with Gasteiger partial charge in [-0.15, -0.1) is 0 Å². The summed E-state index contributed by atoms with van der Waals surface area (Å²) in [4.78, 5) is 6.37. The molecule has 2 rings (SSSR count). The highest BCUT2D eigenvalue weighted by molar-refractivity contribution is 5.42. The van der Waals surface area contributed by atoms with E-state index in [0.717, 1.165) is 24.7 Å². The lowest BCUT2D eigenvalue weighted by Crippen LogP contribution is -2.19. The van der Waals surface area contributed by atoms with Crippen LogP contribution in [0.15, 0.2) is 18.3 Å². The largest absolute Gasteiger partial charge is 0.383 e. The molecule has 1 fully saturated rings. The second-order valence-electron chi connectivity index (χ2n) is 4.34. The maximum atomic E-state index is 8.62. The van der Waals surface area contributed by atoms with Gasteiger partial charge in [-0.1, -0.05) is 0 Å². The van der Waals surface area contributed by atoms with E-state index >= 15 is 0 Å². The van der Waals surface area contributed by atoms with Crippen LogP contribution in [-0.2, 0) is 0 Å². The van der Waals surface area contributed by atoms with Crippen LogP contribution in [0.4, 0.5) is 5.69 Å². The summed E-state index contributed by atoms with van der Waals surface area (Å²) in [6.45, 7) is 3.34. The maximum absolute atomic E-state index is 8.62. The number of likely N-dealkylation sites (tertiary alicyclic amines) is 1. The Hall–Kier alpha value is -1.60. The van der Waals surface area contributed by atoms with E-state index < -0.39 is 0 Å². The molecule has 1 saturated heterocycles. The average molecular weight is 216 g/mol. The quantitative estimate of drug-likeness (QED) is 0.828. The molecule has 1 aliphatic rings. The van der Waals surface area contributed by atoms with Crippen LogP contribution in [-0.4, -0.2) is 36.6 Å². The normalized spacial score (nSPS) is 20.6. The van der Waals surface area contributed by atoms with Crippen LogP contribution in [0, 0.1) is 17.2 Å². The first-order chi connectivity index (χ1) is 7.78. The molecule has 0 bridgehead atoms. The van der Waals surface area contributed by atoms with Gasteiger partial charge in [-0.05, 0) is 38.1 Å². The van der Waals surface area contributed by atoms with Crippen LogP contribution >= 0.6 is 0 Å². The first-order valence-electron chi connectivity index (χ1n) is 5.56. The minimum Gasteiger partial charge on any atom is -0.383 e. The molecule has 84 valence electrons. The maximum Gasteiger partial charge on any atom is 0.140 e. The predicted molar refractivity (Wildman–Crippen MR) is 63.0 cm³/mol. The highest BCUT2D eigenvalue weighted by Crippen LogP contribution is 2.15. The van der Waals surface area contributed by atoms with Crippen LogP contribution in [0.2, 0.25) is 0 Å². The molecule has 4 heteroatoms. The Labute approximate surface area is 95.9 Å². The number of rotatable bonds is 3. The van der Waals surface area contributed by atoms with Gasteiger partial charge < -0.3 is 10.2 Å². The van der Waals surface area contributed by atoms with Crippen LogP contribution < -0.4 is 5.32 Å². The number of aromatic nitrogens is 1. The number of hydrogen-bond acceptors (Lipinski definition) is 4. The number of hydrogen-bond donors (Lipinski definition) is 1. The lowest BCUT2D eigenvalue weighted by atomic mass is 10.1. The van der Waals surface area contributed by atoms with Crippen LogP contribution in [0.3, 0.4) is 0 Å². The van der Waals surface area contributed by atoms with E-state index in [2.05, 4.69) is 22.2 Å². The van der Waals surface area contributed by atoms with Crippen molar-refractivity contribution in [2.45, 2.75) is 6.42 Å². The summed E-state index contributed by atoms with van der Waals surface area (Å²) in [5, 5.41) is 12.0. The van der Waals surface area contributed by atoms with E-state index in [1.165, 1.54) is 13.0 Å². The van der Waals surface area contributed by atoms with Gasteiger partial charge >= 0.3 is 0 Å². The summed E-state index contributed by atoms with van der Waals surface area (Å²) >= 11 is 0. The molecule has 0 spiro atoms. The molecule has 1 unspecified atom stereocenters. The van der Waals surface area contributed by atoms with Gasteiger partial charge in [0.1, 0.15) is 11.8 Å². The molecule has 0 amide bonds. The van der Waals surface area contributed by atoms with E-state index in [4.69, 9.17) is 5.26 Å². The van der Waals surface area contributed by atoms with Crippen LogP contribution in [0.25, 0.3) is 0 Å². The van der Waals surface area contributed by atoms with Gasteiger partial charge in [0.15, 0.2) is 0 Å². The topological polar surface area (TPSA) is 52.0 Å². The van der Waals surface area contributed by atoms with E-state index in [1.807, 2.05) is 12.1 Å². The highest BCUT2D eigenvalue weighted by Gasteiger charge is 2.18. The van der Waals surface area contributed by atoms with E-state index in [9.17, 15) is 0 Å². The van der Waals surface area contributed by atoms with Gasteiger partial charge in [0.05, 0.1) is 11.9 Å². The van der Waals surface area contributed by atoms with Crippen molar-refractivity contribution in [2.75, 3.05) is 32.0 Å². The first-order valence-corrected chi connectivity index (χ1v) is 5.56. The number of nitriles is 1. The molecule has 4 nitrogen and oxygen atoms in total. The zero-order valence-electron chi connectivity index (χ0n) is 9.48. The van der Waals surface area contributed by atoms with Gasteiger partial charge in [0, 0.05) is 13.1 Å². The molecule has 0 saturated carbocycles. The Bertz CT molecular complexity index is 379. The fourth-order valence-electron chi connectivity index (χ4n) is 2.02. The molecule has 0 aliphatic carbocycles. The van der Waals surface area contributed by atoms with Crippen molar-refractivity contribution in [2.24, 2.45) is 5.92 Å². The molecule has 0 aromatic carbocycles. The molecular formula is C12H16N4. The van der Waals surface area contributed by atoms with Crippen molar-refractivity contribution in [3.63, 3.8) is 0 Å². The van der Waals surface area contributed by atoms with Crippen molar-refractivity contribution in [1.82, 2.24) is 9.88 Å². The molecule has 1 aromatic heterocycles. The zero-order valence-corrected chi connectivity index (χ0v) is 9.48. The standard InChI is InChI=1S/C12H16N4/c1-16-5-4-10(9-16)7-14-12-3-2-11(6-13)15-8-12/h2-3,8,10,14H,4-5,7,9H2,1H3. The Balaban J connectivity index is 1.83. The van der Waals surface area contributed by atoms with E-state index in [1.54, 1.807) is 12.3 Å². The molecule has 16 heavy (non-hydrogen) atoms. The SMILES string of the molecule is CN1CCC(CNc2ccc(C#N)nc2)C1. The zero-order chi connectivity index (χ0) is 11.4. The van der Waals surface area contributed by atoms with Gasteiger partial charge in [-0.3, -0.25) is 0 Å². The Morgan fingerprint density at radius 2 is 2.50 bits per heavy atom. The summed E-state index contributed by atoms with van der Waals surface area (Å²) < 4.78 is 0. The van der Waals surface area contributed by atoms with Gasteiger partial charge in [-0.2, -0.15) is 5.26 Å². The van der Waals surface area contributed by atoms with E-state index in [-0.39, 0.29) is 0 Å². The van der Waals surface area contributed by atoms with Gasteiger partial charge in [-0.25, -0.2) is 4.98 Å². The second kappa shape index (κ2) is 4.95. The lowest BCUT2D eigenvalue weighted by Gasteiger charge is -2.12. The molecule has 1 aliphatic heterocycles. The molecule has 1 N–H and O–H groups in total.